The molecule has 1 atom stereocenters. The van der Waals surface area contributed by atoms with Crippen LogP contribution in [-0.4, -0.2) is 53.9 Å². The van der Waals surface area contributed by atoms with Gasteiger partial charge in [0.25, 0.3) is 0 Å². The van der Waals surface area contributed by atoms with Crippen LogP contribution < -0.4 is 0 Å². The first-order valence-corrected chi connectivity index (χ1v) is 8.70. The largest absolute Gasteiger partial charge is 0.480 e. The molecular weight excluding hydrogens is 282 g/mol. The number of nitrogens with zero attached hydrogens (tertiary/aromatic N) is 1. The monoisotopic (exact) mass is 305 g/mol. The number of sulfone groups is 1. The van der Waals surface area contributed by atoms with Crippen molar-refractivity contribution in [1.29, 1.82) is 0 Å². The van der Waals surface area contributed by atoms with Crippen molar-refractivity contribution >= 4 is 21.7 Å². The first-order valence-electron chi connectivity index (χ1n) is 6.88. The lowest BCUT2D eigenvalue weighted by Gasteiger charge is -2.26. The maximum absolute atomic E-state index is 12.1. The van der Waals surface area contributed by atoms with E-state index in [1.807, 2.05) is 13.8 Å². The average Bonchev–Trinajstić information content (AvgIpc) is 3.09. The van der Waals surface area contributed by atoms with Crippen molar-refractivity contribution in [3.63, 3.8) is 0 Å². The van der Waals surface area contributed by atoms with Crippen LogP contribution in [-0.2, 0) is 19.4 Å². The van der Waals surface area contributed by atoms with Gasteiger partial charge in [0.15, 0.2) is 9.84 Å². The highest BCUT2D eigenvalue weighted by Gasteiger charge is 2.38. The van der Waals surface area contributed by atoms with Gasteiger partial charge in [0.2, 0.25) is 5.91 Å². The number of aliphatic carboxylic acids is 1. The van der Waals surface area contributed by atoms with Gasteiger partial charge in [0.1, 0.15) is 6.04 Å². The molecule has 0 bridgehead atoms. The summed E-state index contributed by atoms with van der Waals surface area (Å²) in [6.45, 7) is 5.08. The molecule has 1 unspecified atom stereocenters. The fourth-order valence-electron chi connectivity index (χ4n) is 2.17. The van der Waals surface area contributed by atoms with Gasteiger partial charge in [-0.1, -0.05) is 13.8 Å². The van der Waals surface area contributed by atoms with E-state index < -0.39 is 21.8 Å². The van der Waals surface area contributed by atoms with E-state index >= 15 is 0 Å². The van der Waals surface area contributed by atoms with Crippen molar-refractivity contribution in [2.45, 2.75) is 52.1 Å². The van der Waals surface area contributed by atoms with Gasteiger partial charge < -0.3 is 10.0 Å². The van der Waals surface area contributed by atoms with Gasteiger partial charge in [-0.15, -0.1) is 0 Å². The number of carbonyl (C=O) groups is 2. The third kappa shape index (κ3) is 5.11. The van der Waals surface area contributed by atoms with E-state index in [-0.39, 0.29) is 35.8 Å². The zero-order valence-electron chi connectivity index (χ0n) is 12.2. The Morgan fingerprint density at radius 3 is 2.20 bits per heavy atom. The second kappa shape index (κ2) is 6.56. The fourth-order valence-corrected chi connectivity index (χ4v) is 3.84. The SMILES string of the molecule is CC(C)CS(=O)(=O)CCC(=O)N(C1CC1)C(C)C(=O)O. The molecule has 0 radical (unpaired) electrons. The molecule has 7 heteroatoms. The Bertz CT molecular complexity index is 467. The Kier molecular flexibility index (Phi) is 5.56. The van der Waals surface area contributed by atoms with Gasteiger partial charge in [-0.3, -0.25) is 4.79 Å². The molecule has 1 aliphatic carbocycles. The number of hydrogen-bond acceptors (Lipinski definition) is 4. The average molecular weight is 305 g/mol. The molecule has 1 amide bonds. The molecule has 1 fully saturated rings. The lowest BCUT2D eigenvalue weighted by molar-refractivity contribution is -0.149. The Morgan fingerprint density at radius 2 is 1.80 bits per heavy atom. The highest BCUT2D eigenvalue weighted by Crippen LogP contribution is 2.29. The molecule has 0 aromatic carbocycles. The Balaban J connectivity index is 2.62. The van der Waals surface area contributed by atoms with Crippen LogP contribution in [0, 0.1) is 5.92 Å². The smallest absolute Gasteiger partial charge is 0.326 e. The van der Waals surface area contributed by atoms with Crippen molar-refractivity contribution < 1.29 is 23.1 Å². The van der Waals surface area contributed by atoms with Gasteiger partial charge in [-0.25, -0.2) is 13.2 Å². The number of carboxylic acid groups (broad SMARTS) is 1. The molecule has 0 spiro atoms. The van der Waals surface area contributed by atoms with E-state index in [0.717, 1.165) is 12.8 Å². The standard InChI is InChI=1S/C13H23NO5S/c1-9(2)8-20(18,19)7-6-12(15)14(11-4-5-11)10(3)13(16)17/h9-11H,4-8H2,1-3H3,(H,16,17). The normalized spacial score (nSPS) is 17.0. The van der Waals surface area contributed by atoms with E-state index in [1.54, 1.807) is 0 Å². The third-order valence-corrected chi connectivity index (χ3v) is 5.22. The van der Waals surface area contributed by atoms with Crippen molar-refractivity contribution in [2.24, 2.45) is 5.92 Å². The molecule has 0 aliphatic heterocycles. The number of carboxylic acids is 1. The topological polar surface area (TPSA) is 91.8 Å². The van der Waals surface area contributed by atoms with E-state index in [0.29, 0.717) is 0 Å². The minimum atomic E-state index is -3.26. The first-order chi connectivity index (χ1) is 9.14. The summed E-state index contributed by atoms with van der Waals surface area (Å²) < 4.78 is 23.5. The van der Waals surface area contributed by atoms with E-state index in [9.17, 15) is 18.0 Å². The molecule has 1 saturated carbocycles. The Labute approximate surface area is 120 Å². The van der Waals surface area contributed by atoms with Gasteiger partial charge >= 0.3 is 5.97 Å². The molecule has 6 nitrogen and oxygen atoms in total. The molecule has 20 heavy (non-hydrogen) atoms. The Hall–Kier alpha value is -1.11. The minimum absolute atomic E-state index is 0.0209. The maximum Gasteiger partial charge on any atom is 0.326 e. The van der Waals surface area contributed by atoms with Crippen molar-refractivity contribution in [3.8, 4) is 0 Å². The molecule has 1 rings (SSSR count). The van der Waals surface area contributed by atoms with Crippen molar-refractivity contribution in [2.75, 3.05) is 11.5 Å². The summed E-state index contributed by atoms with van der Waals surface area (Å²) in [5.41, 5.74) is 0. The van der Waals surface area contributed by atoms with Crippen LogP contribution in [0.5, 0.6) is 0 Å². The highest BCUT2D eigenvalue weighted by atomic mass is 32.2. The van der Waals surface area contributed by atoms with Gasteiger partial charge in [0, 0.05) is 12.5 Å². The molecular formula is C13H23NO5S. The first kappa shape index (κ1) is 16.9. The van der Waals surface area contributed by atoms with E-state index in [4.69, 9.17) is 5.11 Å². The lowest BCUT2D eigenvalue weighted by Crippen LogP contribution is -2.45. The molecule has 116 valence electrons. The molecule has 1 N–H and O–H groups in total. The summed E-state index contributed by atoms with van der Waals surface area (Å²) in [7, 11) is -3.26. The Morgan fingerprint density at radius 1 is 1.25 bits per heavy atom. The van der Waals surface area contributed by atoms with E-state index in [1.165, 1.54) is 11.8 Å². The summed E-state index contributed by atoms with van der Waals surface area (Å²) in [5.74, 6) is -1.57. The van der Waals surface area contributed by atoms with Gasteiger partial charge in [0.05, 0.1) is 11.5 Å². The summed E-state index contributed by atoms with van der Waals surface area (Å²) in [5, 5.41) is 9.01. The number of hydrogen-bond donors (Lipinski definition) is 1. The molecule has 0 aromatic rings. The zero-order valence-corrected chi connectivity index (χ0v) is 13.0. The van der Waals surface area contributed by atoms with Crippen molar-refractivity contribution in [1.82, 2.24) is 4.90 Å². The summed E-state index contributed by atoms with van der Waals surface area (Å²) in [4.78, 5) is 24.4. The zero-order chi connectivity index (χ0) is 15.5. The maximum atomic E-state index is 12.1. The quantitative estimate of drug-likeness (QED) is 0.719. The van der Waals surface area contributed by atoms with Crippen LogP contribution in [0.1, 0.15) is 40.0 Å². The second-order valence-corrected chi connectivity index (χ2v) is 8.03. The lowest BCUT2D eigenvalue weighted by atomic mass is 10.2. The minimum Gasteiger partial charge on any atom is -0.480 e. The van der Waals surface area contributed by atoms with Gasteiger partial charge in [-0.2, -0.15) is 0 Å². The van der Waals surface area contributed by atoms with Crippen molar-refractivity contribution in [3.05, 3.63) is 0 Å². The molecule has 0 aromatic heterocycles. The van der Waals surface area contributed by atoms with Crippen LogP contribution in [0.3, 0.4) is 0 Å². The number of carbonyl (C=O) groups excluding carboxylic acids is 1. The third-order valence-electron chi connectivity index (χ3n) is 3.22. The van der Waals surface area contributed by atoms with Crippen LogP contribution in [0.4, 0.5) is 0 Å². The van der Waals surface area contributed by atoms with Crippen LogP contribution in [0.15, 0.2) is 0 Å². The summed E-state index contributed by atoms with van der Waals surface area (Å²) in [6.07, 6.45) is 1.45. The van der Waals surface area contributed by atoms with Crippen LogP contribution in [0.2, 0.25) is 0 Å². The predicted molar refractivity (Wildman–Crippen MR) is 75.1 cm³/mol. The highest BCUT2D eigenvalue weighted by molar-refractivity contribution is 7.91. The number of amides is 1. The fraction of sp³-hybridized carbons (Fsp3) is 0.846. The van der Waals surface area contributed by atoms with Gasteiger partial charge in [-0.05, 0) is 25.7 Å². The van der Waals surface area contributed by atoms with E-state index in [2.05, 4.69) is 0 Å². The van der Waals surface area contributed by atoms with Crippen LogP contribution >= 0.6 is 0 Å². The van der Waals surface area contributed by atoms with Crippen LogP contribution in [0.25, 0.3) is 0 Å². The summed E-state index contributed by atoms with van der Waals surface area (Å²) >= 11 is 0. The summed E-state index contributed by atoms with van der Waals surface area (Å²) in [6, 6.07) is -0.941. The number of rotatable bonds is 8. The predicted octanol–water partition coefficient (Wildman–Crippen LogP) is 0.911. The molecule has 0 heterocycles. The molecule has 0 saturated heterocycles. The second-order valence-electron chi connectivity index (χ2n) is 5.80. The molecule has 1 aliphatic rings.